The number of benzene rings is 1. The van der Waals surface area contributed by atoms with Crippen LogP contribution in [0.2, 0.25) is 0 Å². The molecule has 0 amide bonds. The molecule has 0 aliphatic heterocycles. The Labute approximate surface area is 127 Å². The van der Waals surface area contributed by atoms with Crippen LogP contribution in [0.25, 0.3) is 0 Å². The summed E-state index contributed by atoms with van der Waals surface area (Å²) in [6.07, 6.45) is 4.02. The van der Waals surface area contributed by atoms with E-state index in [2.05, 4.69) is 59.2 Å². The maximum atomic E-state index is 5.25. The summed E-state index contributed by atoms with van der Waals surface area (Å²) in [6, 6.07) is 10.7. The molecule has 0 saturated carbocycles. The Hall–Kier alpha value is -0.710. The van der Waals surface area contributed by atoms with Crippen LogP contribution in [0, 0.1) is 0 Å². The van der Waals surface area contributed by atoms with Crippen LogP contribution in [-0.4, -0.2) is 25.5 Å². The Kier molecular flexibility index (Phi) is 5.55. The van der Waals surface area contributed by atoms with Crippen LogP contribution in [0.15, 0.2) is 55.5 Å². The molecule has 0 bridgehead atoms. The molecule has 2 nitrogen and oxygen atoms in total. The molecule has 102 valence electrons. The van der Waals surface area contributed by atoms with Crippen molar-refractivity contribution in [2.45, 2.75) is 22.6 Å². The van der Waals surface area contributed by atoms with E-state index in [4.69, 9.17) is 4.42 Å². The van der Waals surface area contributed by atoms with E-state index in [9.17, 15) is 0 Å². The van der Waals surface area contributed by atoms with E-state index in [1.54, 1.807) is 18.0 Å². The lowest BCUT2D eigenvalue weighted by atomic mass is 10.1. The van der Waals surface area contributed by atoms with Gasteiger partial charge in [-0.1, -0.05) is 23.9 Å². The molecule has 19 heavy (non-hydrogen) atoms. The first kappa shape index (κ1) is 14.7. The minimum absolute atomic E-state index is 0.801. The third-order valence-electron chi connectivity index (χ3n) is 2.78. The van der Waals surface area contributed by atoms with Gasteiger partial charge in [-0.3, -0.25) is 0 Å². The minimum Gasteiger partial charge on any atom is -0.456 e. The lowest BCUT2D eigenvalue weighted by molar-refractivity contribution is 0.400. The van der Waals surface area contributed by atoms with Gasteiger partial charge in [0, 0.05) is 4.90 Å². The molecule has 0 N–H and O–H groups in total. The van der Waals surface area contributed by atoms with Gasteiger partial charge in [0.25, 0.3) is 0 Å². The standard InChI is InChI=1S/C15H18BrNOS/c1-17(2)9-4-6-12-5-3-7-13(11-12)19-14-8-10-18-15(14)16/h3,5,7-8,10-11H,4,6,9H2,1-2H3. The number of rotatable bonds is 6. The Morgan fingerprint density at radius 2 is 2.11 bits per heavy atom. The van der Waals surface area contributed by atoms with Gasteiger partial charge < -0.3 is 9.32 Å². The number of nitrogens with zero attached hydrogens (tertiary/aromatic N) is 1. The van der Waals surface area contributed by atoms with Crippen molar-refractivity contribution in [3.05, 3.63) is 46.8 Å². The summed E-state index contributed by atoms with van der Waals surface area (Å²) < 4.78 is 6.05. The van der Waals surface area contributed by atoms with Gasteiger partial charge in [0.05, 0.1) is 11.2 Å². The summed E-state index contributed by atoms with van der Waals surface area (Å²) in [5, 5.41) is 0. The third-order valence-corrected chi connectivity index (χ3v) is 4.69. The van der Waals surface area contributed by atoms with E-state index in [1.165, 1.54) is 16.9 Å². The zero-order chi connectivity index (χ0) is 13.7. The van der Waals surface area contributed by atoms with Crippen molar-refractivity contribution in [1.82, 2.24) is 4.90 Å². The quantitative estimate of drug-likeness (QED) is 0.759. The summed E-state index contributed by atoms with van der Waals surface area (Å²) in [5.74, 6) is 0. The Bertz CT molecular complexity index is 524. The van der Waals surface area contributed by atoms with Crippen LogP contribution < -0.4 is 0 Å². The molecule has 1 aromatic carbocycles. The summed E-state index contributed by atoms with van der Waals surface area (Å²) in [6.45, 7) is 1.13. The molecule has 0 aliphatic carbocycles. The summed E-state index contributed by atoms with van der Waals surface area (Å²) in [4.78, 5) is 4.59. The monoisotopic (exact) mass is 339 g/mol. The minimum atomic E-state index is 0.801. The average molecular weight is 340 g/mol. The van der Waals surface area contributed by atoms with E-state index in [-0.39, 0.29) is 0 Å². The highest BCUT2D eigenvalue weighted by Crippen LogP contribution is 2.34. The van der Waals surface area contributed by atoms with Gasteiger partial charge in [-0.25, -0.2) is 0 Å². The van der Waals surface area contributed by atoms with Crippen molar-refractivity contribution in [2.24, 2.45) is 0 Å². The van der Waals surface area contributed by atoms with Gasteiger partial charge in [-0.15, -0.1) is 0 Å². The zero-order valence-electron chi connectivity index (χ0n) is 11.2. The first-order valence-corrected chi connectivity index (χ1v) is 7.90. The van der Waals surface area contributed by atoms with Crippen molar-refractivity contribution in [3.8, 4) is 0 Å². The molecular weight excluding hydrogens is 322 g/mol. The predicted molar refractivity (Wildman–Crippen MR) is 83.8 cm³/mol. The fraction of sp³-hybridized carbons (Fsp3) is 0.333. The second kappa shape index (κ2) is 7.17. The average Bonchev–Trinajstić information content (AvgIpc) is 2.75. The molecule has 2 rings (SSSR count). The van der Waals surface area contributed by atoms with Gasteiger partial charge in [0.1, 0.15) is 0 Å². The topological polar surface area (TPSA) is 16.4 Å². The fourth-order valence-corrected chi connectivity index (χ4v) is 3.19. The number of furan rings is 1. The number of aryl methyl sites for hydroxylation is 1. The molecular formula is C15H18BrNOS. The molecule has 1 aromatic heterocycles. The second-order valence-corrected chi connectivity index (χ2v) is 6.55. The van der Waals surface area contributed by atoms with Gasteiger partial charge in [-0.2, -0.15) is 0 Å². The molecule has 0 unspecified atom stereocenters. The van der Waals surface area contributed by atoms with Crippen LogP contribution in [0.5, 0.6) is 0 Å². The van der Waals surface area contributed by atoms with Gasteiger partial charge in [0.2, 0.25) is 0 Å². The Morgan fingerprint density at radius 1 is 1.26 bits per heavy atom. The molecule has 0 radical (unpaired) electrons. The molecule has 2 aromatic rings. The predicted octanol–water partition coefficient (Wildman–Crippen LogP) is 4.69. The third kappa shape index (κ3) is 4.71. The lowest BCUT2D eigenvalue weighted by Gasteiger charge is -2.09. The van der Waals surface area contributed by atoms with Crippen molar-refractivity contribution in [3.63, 3.8) is 0 Å². The van der Waals surface area contributed by atoms with Crippen LogP contribution in [0.1, 0.15) is 12.0 Å². The molecule has 0 spiro atoms. The van der Waals surface area contributed by atoms with Crippen molar-refractivity contribution >= 4 is 27.7 Å². The van der Waals surface area contributed by atoms with Crippen molar-refractivity contribution < 1.29 is 4.42 Å². The SMILES string of the molecule is CN(C)CCCc1cccc(Sc2ccoc2Br)c1. The first-order chi connectivity index (χ1) is 9.15. The van der Waals surface area contributed by atoms with Crippen LogP contribution in [-0.2, 0) is 6.42 Å². The molecule has 0 atom stereocenters. The van der Waals surface area contributed by atoms with E-state index < -0.39 is 0 Å². The van der Waals surface area contributed by atoms with Gasteiger partial charge >= 0.3 is 0 Å². The molecule has 0 aliphatic rings. The number of hydrogen-bond acceptors (Lipinski definition) is 3. The van der Waals surface area contributed by atoms with E-state index >= 15 is 0 Å². The second-order valence-electron chi connectivity index (χ2n) is 4.71. The highest BCUT2D eigenvalue weighted by Gasteiger charge is 2.05. The molecule has 1 heterocycles. The highest BCUT2D eigenvalue weighted by molar-refractivity contribution is 9.10. The summed E-state index contributed by atoms with van der Waals surface area (Å²) in [7, 11) is 4.23. The summed E-state index contributed by atoms with van der Waals surface area (Å²) in [5.41, 5.74) is 1.39. The van der Waals surface area contributed by atoms with E-state index in [0.29, 0.717) is 0 Å². The van der Waals surface area contributed by atoms with Crippen LogP contribution in [0.3, 0.4) is 0 Å². The normalized spacial score (nSPS) is 11.2. The zero-order valence-corrected chi connectivity index (χ0v) is 13.6. The molecule has 4 heteroatoms. The highest BCUT2D eigenvalue weighted by atomic mass is 79.9. The van der Waals surface area contributed by atoms with Gasteiger partial charge in [-0.05, 0) is 73.2 Å². The maximum absolute atomic E-state index is 5.25. The molecule has 0 fully saturated rings. The lowest BCUT2D eigenvalue weighted by Crippen LogP contribution is -2.13. The number of halogens is 1. The van der Waals surface area contributed by atoms with Gasteiger partial charge in [0.15, 0.2) is 4.67 Å². The van der Waals surface area contributed by atoms with Crippen molar-refractivity contribution in [1.29, 1.82) is 0 Å². The Morgan fingerprint density at radius 3 is 2.79 bits per heavy atom. The van der Waals surface area contributed by atoms with E-state index in [1.807, 2.05) is 6.07 Å². The largest absolute Gasteiger partial charge is 0.456 e. The Balaban J connectivity index is 1.97. The smallest absolute Gasteiger partial charge is 0.182 e. The van der Waals surface area contributed by atoms with Crippen molar-refractivity contribution in [2.75, 3.05) is 20.6 Å². The van der Waals surface area contributed by atoms with E-state index in [0.717, 1.165) is 22.5 Å². The maximum Gasteiger partial charge on any atom is 0.182 e. The first-order valence-electron chi connectivity index (χ1n) is 6.29. The molecule has 0 saturated heterocycles. The van der Waals surface area contributed by atoms with Crippen LogP contribution in [0.4, 0.5) is 0 Å². The van der Waals surface area contributed by atoms with Crippen LogP contribution >= 0.6 is 27.7 Å². The summed E-state index contributed by atoms with van der Waals surface area (Å²) >= 11 is 5.13. The fourth-order valence-electron chi connectivity index (χ4n) is 1.84. The number of hydrogen-bond donors (Lipinski definition) is 0.